The number of methoxy groups -OCH3 is 2. The Morgan fingerprint density at radius 3 is 2.72 bits per heavy atom. The van der Waals surface area contributed by atoms with Crippen LogP contribution in [0.1, 0.15) is 18.2 Å². The van der Waals surface area contributed by atoms with Gasteiger partial charge in [0.25, 0.3) is 0 Å². The Balaban J connectivity index is 2.52. The monoisotopic (exact) mass is 257 g/mol. The van der Waals surface area contributed by atoms with Gasteiger partial charge in [-0.3, -0.25) is 4.68 Å². The van der Waals surface area contributed by atoms with E-state index in [1.54, 1.807) is 20.4 Å². The van der Waals surface area contributed by atoms with E-state index < -0.39 is 0 Å². The maximum absolute atomic E-state index is 5.48. The molecule has 0 aromatic carbocycles. The highest BCUT2D eigenvalue weighted by atomic mass is 16.5. The van der Waals surface area contributed by atoms with Crippen molar-refractivity contribution in [1.82, 2.24) is 15.1 Å². The van der Waals surface area contributed by atoms with Gasteiger partial charge in [-0.05, 0) is 13.5 Å². The maximum atomic E-state index is 5.48. The zero-order chi connectivity index (χ0) is 13.4. The second kappa shape index (κ2) is 8.07. The van der Waals surface area contributed by atoms with Gasteiger partial charge in [-0.2, -0.15) is 5.10 Å². The summed E-state index contributed by atoms with van der Waals surface area (Å²) in [6.07, 6.45) is 2.58. The van der Waals surface area contributed by atoms with Crippen molar-refractivity contribution < 1.29 is 14.2 Å². The van der Waals surface area contributed by atoms with Gasteiger partial charge in [0, 0.05) is 20.8 Å². The van der Waals surface area contributed by atoms with Crippen LogP contribution in [0.15, 0.2) is 6.20 Å². The van der Waals surface area contributed by atoms with E-state index in [2.05, 4.69) is 10.4 Å². The Morgan fingerprint density at radius 1 is 1.33 bits per heavy atom. The molecule has 0 saturated heterocycles. The van der Waals surface area contributed by atoms with Crippen LogP contribution >= 0.6 is 0 Å². The fourth-order valence-electron chi connectivity index (χ4n) is 1.84. The molecule has 1 N–H and O–H groups in total. The molecule has 1 unspecified atom stereocenters. The third-order valence-corrected chi connectivity index (χ3v) is 2.83. The van der Waals surface area contributed by atoms with Crippen LogP contribution in [-0.2, 0) is 16.5 Å². The fraction of sp³-hybridized carbons (Fsp3) is 0.750. The summed E-state index contributed by atoms with van der Waals surface area (Å²) in [4.78, 5) is 0. The predicted octanol–water partition coefficient (Wildman–Crippen LogP) is 0.742. The van der Waals surface area contributed by atoms with Gasteiger partial charge < -0.3 is 19.5 Å². The second-order valence-electron chi connectivity index (χ2n) is 3.96. The number of rotatable bonds is 9. The lowest BCUT2D eigenvalue weighted by atomic mass is 10.1. The Labute approximate surface area is 108 Å². The van der Waals surface area contributed by atoms with Crippen molar-refractivity contribution in [2.75, 3.05) is 41.1 Å². The first-order valence-corrected chi connectivity index (χ1v) is 6.04. The minimum absolute atomic E-state index is 0.162. The molecule has 0 fully saturated rings. The standard InChI is InChI=1S/C12H23N3O3/c1-13-10(5-6-18-8-7-16-3)12-11(17-4)9-14-15(12)2/h9-10,13H,5-8H2,1-4H3. The molecule has 6 nitrogen and oxygen atoms in total. The van der Waals surface area contributed by atoms with Crippen LogP contribution in [0.25, 0.3) is 0 Å². The Kier molecular flexibility index (Phi) is 6.70. The van der Waals surface area contributed by atoms with E-state index in [-0.39, 0.29) is 6.04 Å². The minimum Gasteiger partial charge on any atom is -0.493 e. The third-order valence-electron chi connectivity index (χ3n) is 2.83. The zero-order valence-corrected chi connectivity index (χ0v) is 11.6. The SMILES string of the molecule is CNC(CCOCCOC)c1c(OC)cnn1C. The maximum Gasteiger partial charge on any atom is 0.161 e. The fourth-order valence-corrected chi connectivity index (χ4v) is 1.84. The van der Waals surface area contributed by atoms with Crippen LogP contribution in [0.2, 0.25) is 0 Å². The first kappa shape index (κ1) is 14.9. The van der Waals surface area contributed by atoms with Crippen molar-refractivity contribution in [1.29, 1.82) is 0 Å². The molecule has 0 bridgehead atoms. The minimum atomic E-state index is 0.162. The van der Waals surface area contributed by atoms with Crippen LogP contribution in [0.4, 0.5) is 0 Å². The highest BCUT2D eigenvalue weighted by Gasteiger charge is 2.18. The third kappa shape index (κ3) is 3.97. The predicted molar refractivity (Wildman–Crippen MR) is 68.9 cm³/mol. The Bertz CT molecular complexity index is 341. The Morgan fingerprint density at radius 2 is 2.11 bits per heavy atom. The number of hydrogen-bond donors (Lipinski definition) is 1. The first-order chi connectivity index (χ1) is 8.74. The molecule has 0 spiro atoms. The van der Waals surface area contributed by atoms with Gasteiger partial charge >= 0.3 is 0 Å². The summed E-state index contributed by atoms with van der Waals surface area (Å²) in [5, 5.41) is 7.46. The van der Waals surface area contributed by atoms with E-state index in [9.17, 15) is 0 Å². The lowest BCUT2D eigenvalue weighted by Crippen LogP contribution is -2.22. The molecule has 0 aliphatic rings. The van der Waals surface area contributed by atoms with Gasteiger partial charge in [0.05, 0.1) is 38.3 Å². The molecule has 6 heteroatoms. The molecule has 0 radical (unpaired) electrons. The Hall–Kier alpha value is -1.11. The summed E-state index contributed by atoms with van der Waals surface area (Å²) >= 11 is 0. The van der Waals surface area contributed by atoms with Crippen LogP contribution in [-0.4, -0.2) is 50.9 Å². The van der Waals surface area contributed by atoms with E-state index in [4.69, 9.17) is 14.2 Å². The van der Waals surface area contributed by atoms with Gasteiger partial charge in [0.15, 0.2) is 5.75 Å². The smallest absolute Gasteiger partial charge is 0.161 e. The molecule has 1 rings (SSSR count). The molecule has 0 aliphatic carbocycles. The van der Waals surface area contributed by atoms with Gasteiger partial charge in [-0.15, -0.1) is 0 Å². The van der Waals surface area contributed by atoms with Crippen LogP contribution in [0.5, 0.6) is 5.75 Å². The lowest BCUT2D eigenvalue weighted by Gasteiger charge is -2.18. The second-order valence-corrected chi connectivity index (χ2v) is 3.96. The molecule has 0 aliphatic heterocycles. The first-order valence-electron chi connectivity index (χ1n) is 6.04. The van der Waals surface area contributed by atoms with E-state index in [1.165, 1.54) is 0 Å². The topological polar surface area (TPSA) is 57.5 Å². The van der Waals surface area contributed by atoms with Crippen LogP contribution in [0.3, 0.4) is 0 Å². The van der Waals surface area contributed by atoms with E-state index in [0.29, 0.717) is 19.8 Å². The van der Waals surface area contributed by atoms with Crippen molar-refractivity contribution in [2.45, 2.75) is 12.5 Å². The summed E-state index contributed by atoms with van der Waals surface area (Å²) in [5.74, 6) is 0.800. The molecular formula is C12H23N3O3. The molecule has 1 heterocycles. The van der Waals surface area contributed by atoms with Gasteiger partial charge in [0.1, 0.15) is 0 Å². The van der Waals surface area contributed by atoms with E-state index in [1.807, 2.05) is 18.8 Å². The number of nitrogens with one attached hydrogen (secondary N) is 1. The molecule has 104 valence electrons. The molecule has 1 atom stereocenters. The molecule has 0 saturated carbocycles. The average molecular weight is 257 g/mol. The van der Waals surface area contributed by atoms with Crippen LogP contribution in [0, 0.1) is 0 Å². The van der Waals surface area contributed by atoms with E-state index >= 15 is 0 Å². The van der Waals surface area contributed by atoms with Crippen molar-refractivity contribution >= 4 is 0 Å². The van der Waals surface area contributed by atoms with Crippen molar-refractivity contribution in [3.8, 4) is 5.75 Å². The number of hydrogen-bond acceptors (Lipinski definition) is 5. The highest BCUT2D eigenvalue weighted by molar-refractivity contribution is 5.28. The molecule has 1 aromatic rings. The summed E-state index contributed by atoms with van der Waals surface area (Å²) in [6, 6.07) is 0.162. The van der Waals surface area contributed by atoms with Gasteiger partial charge in [-0.25, -0.2) is 0 Å². The average Bonchev–Trinajstić information content (AvgIpc) is 2.75. The largest absolute Gasteiger partial charge is 0.493 e. The van der Waals surface area contributed by atoms with E-state index in [0.717, 1.165) is 17.9 Å². The molecule has 18 heavy (non-hydrogen) atoms. The van der Waals surface area contributed by atoms with Crippen molar-refractivity contribution in [2.24, 2.45) is 7.05 Å². The normalized spacial score (nSPS) is 12.7. The molecular weight excluding hydrogens is 234 g/mol. The highest BCUT2D eigenvalue weighted by Crippen LogP contribution is 2.26. The van der Waals surface area contributed by atoms with Gasteiger partial charge in [0.2, 0.25) is 0 Å². The summed E-state index contributed by atoms with van der Waals surface area (Å²) in [5.41, 5.74) is 1.04. The number of aromatic nitrogens is 2. The molecule has 1 aromatic heterocycles. The lowest BCUT2D eigenvalue weighted by molar-refractivity contribution is 0.0656. The summed E-state index contributed by atoms with van der Waals surface area (Å²) in [6.45, 7) is 1.91. The molecule has 0 amide bonds. The van der Waals surface area contributed by atoms with Crippen LogP contribution < -0.4 is 10.1 Å². The number of aryl methyl sites for hydroxylation is 1. The zero-order valence-electron chi connectivity index (χ0n) is 11.6. The summed E-state index contributed by atoms with van der Waals surface area (Å²) < 4.78 is 17.5. The quantitative estimate of drug-likeness (QED) is 0.661. The van der Waals surface area contributed by atoms with Crippen molar-refractivity contribution in [3.05, 3.63) is 11.9 Å². The summed E-state index contributed by atoms with van der Waals surface area (Å²) in [7, 11) is 7.16. The number of ether oxygens (including phenoxy) is 3. The van der Waals surface area contributed by atoms with Gasteiger partial charge in [-0.1, -0.05) is 0 Å². The van der Waals surface area contributed by atoms with Crippen molar-refractivity contribution in [3.63, 3.8) is 0 Å². The number of nitrogens with zero attached hydrogens (tertiary/aromatic N) is 2.